The lowest BCUT2D eigenvalue weighted by Gasteiger charge is -2.28. The van der Waals surface area contributed by atoms with E-state index in [4.69, 9.17) is 4.74 Å². The van der Waals surface area contributed by atoms with Gasteiger partial charge in [0.25, 0.3) is 0 Å². The Kier molecular flexibility index (Phi) is 5.88. The van der Waals surface area contributed by atoms with E-state index in [2.05, 4.69) is 14.7 Å². The van der Waals surface area contributed by atoms with E-state index >= 15 is 0 Å². The zero-order valence-electron chi connectivity index (χ0n) is 17.3. The molecule has 7 nitrogen and oxygen atoms in total. The molecule has 31 heavy (non-hydrogen) atoms. The molecule has 1 aliphatic rings. The summed E-state index contributed by atoms with van der Waals surface area (Å²) in [5.74, 6) is 0.218. The molecule has 162 valence electrons. The van der Waals surface area contributed by atoms with Crippen molar-refractivity contribution in [3.8, 4) is 5.75 Å². The molecule has 1 aliphatic heterocycles. The molecule has 2 amide bonds. The second-order valence-corrected chi connectivity index (χ2v) is 8.37. The van der Waals surface area contributed by atoms with Crippen molar-refractivity contribution in [1.82, 2.24) is 14.3 Å². The van der Waals surface area contributed by atoms with E-state index in [9.17, 15) is 14.3 Å². The number of ether oxygens (including phenoxy) is 1. The Morgan fingerprint density at radius 2 is 2.19 bits per heavy atom. The van der Waals surface area contributed by atoms with Crippen LogP contribution in [0.5, 0.6) is 5.75 Å². The molecule has 0 spiro atoms. The lowest BCUT2D eigenvalue weighted by molar-refractivity contribution is 0.220. The number of anilines is 1. The van der Waals surface area contributed by atoms with Crippen LogP contribution >= 0.6 is 11.5 Å². The zero-order valence-corrected chi connectivity index (χ0v) is 18.1. The fourth-order valence-electron chi connectivity index (χ4n) is 3.94. The summed E-state index contributed by atoms with van der Waals surface area (Å²) in [5, 5.41) is 13.0. The number of amides is 2. The highest BCUT2D eigenvalue weighted by molar-refractivity contribution is 7.05. The molecule has 1 unspecified atom stereocenters. The molecule has 1 saturated heterocycles. The van der Waals surface area contributed by atoms with Crippen LogP contribution < -0.4 is 10.1 Å². The van der Waals surface area contributed by atoms with E-state index in [0.29, 0.717) is 42.1 Å². The number of aryl methyl sites for hydroxylation is 1. The molecule has 0 saturated carbocycles. The van der Waals surface area contributed by atoms with Crippen LogP contribution in [0.1, 0.15) is 28.1 Å². The minimum absolute atomic E-state index is 0.143. The summed E-state index contributed by atoms with van der Waals surface area (Å²) in [6, 6.07) is 10.00. The Morgan fingerprint density at radius 3 is 2.87 bits per heavy atom. The van der Waals surface area contributed by atoms with Gasteiger partial charge in [-0.1, -0.05) is 18.2 Å². The van der Waals surface area contributed by atoms with E-state index in [-0.39, 0.29) is 18.5 Å². The number of likely N-dealkylation sites (tertiary alicyclic amines) is 1. The number of aliphatic hydroxyl groups is 1. The SMILES string of the molecule is COc1ccc(CO)cc1NC(=O)N1CCC(c2ccc(C)c(F)c2)(c2ncns2)C1. The van der Waals surface area contributed by atoms with Crippen molar-refractivity contribution in [2.75, 3.05) is 25.5 Å². The molecular formula is C22H23FN4O3S. The van der Waals surface area contributed by atoms with Crippen LogP contribution in [0.4, 0.5) is 14.9 Å². The maximum Gasteiger partial charge on any atom is 0.321 e. The largest absolute Gasteiger partial charge is 0.495 e. The highest BCUT2D eigenvalue weighted by Crippen LogP contribution is 2.42. The highest BCUT2D eigenvalue weighted by Gasteiger charge is 2.45. The zero-order chi connectivity index (χ0) is 22.0. The van der Waals surface area contributed by atoms with Gasteiger partial charge in [-0.25, -0.2) is 14.2 Å². The van der Waals surface area contributed by atoms with Gasteiger partial charge in [-0.2, -0.15) is 4.37 Å². The third-order valence-electron chi connectivity index (χ3n) is 5.74. The second-order valence-electron chi connectivity index (χ2n) is 7.59. The fraction of sp³-hybridized carbons (Fsp3) is 0.318. The summed E-state index contributed by atoms with van der Waals surface area (Å²) >= 11 is 1.26. The number of carbonyl (C=O) groups excluding carboxylic acids is 1. The van der Waals surface area contributed by atoms with E-state index in [1.165, 1.54) is 31.0 Å². The van der Waals surface area contributed by atoms with Crippen LogP contribution in [0.15, 0.2) is 42.7 Å². The smallest absolute Gasteiger partial charge is 0.321 e. The topological polar surface area (TPSA) is 87.6 Å². The molecule has 1 atom stereocenters. The molecule has 9 heteroatoms. The summed E-state index contributed by atoms with van der Waals surface area (Å²) in [6.07, 6.45) is 2.09. The molecule has 0 bridgehead atoms. The summed E-state index contributed by atoms with van der Waals surface area (Å²) in [5.41, 5.74) is 1.87. The normalized spacial score (nSPS) is 18.3. The second kappa shape index (κ2) is 8.60. The van der Waals surface area contributed by atoms with E-state index in [1.807, 2.05) is 6.07 Å². The van der Waals surface area contributed by atoms with Crippen molar-refractivity contribution in [3.63, 3.8) is 0 Å². The summed E-state index contributed by atoms with van der Waals surface area (Å²) in [6.45, 7) is 2.40. The number of carbonyl (C=O) groups is 1. The van der Waals surface area contributed by atoms with Gasteiger partial charge in [-0.05, 0) is 59.8 Å². The van der Waals surface area contributed by atoms with Gasteiger partial charge < -0.3 is 20.1 Å². The van der Waals surface area contributed by atoms with Crippen molar-refractivity contribution < 1.29 is 19.0 Å². The van der Waals surface area contributed by atoms with Crippen LogP contribution in [0.2, 0.25) is 0 Å². The first-order valence-corrected chi connectivity index (χ1v) is 10.6. The van der Waals surface area contributed by atoms with Gasteiger partial charge in [0.15, 0.2) is 0 Å². The molecule has 0 aliphatic carbocycles. The number of urea groups is 1. The fourth-order valence-corrected chi connectivity index (χ4v) is 4.68. The molecule has 0 radical (unpaired) electrons. The lowest BCUT2D eigenvalue weighted by atomic mass is 9.80. The number of halogens is 1. The Hall–Kier alpha value is -3.04. The number of hydrogen-bond donors (Lipinski definition) is 2. The lowest BCUT2D eigenvalue weighted by Crippen LogP contribution is -2.37. The van der Waals surface area contributed by atoms with Crippen molar-refractivity contribution in [2.45, 2.75) is 25.4 Å². The Morgan fingerprint density at radius 1 is 1.35 bits per heavy atom. The molecule has 1 fully saturated rings. The van der Waals surface area contributed by atoms with E-state index in [1.54, 1.807) is 36.1 Å². The molecular weight excluding hydrogens is 419 g/mol. The number of hydrogen-bond acceptors (Lipinski definition) is 6. The Bertz CT molecular complexity index is 1090. The van der Waals surface area contributed by atoms with Gasteiger partial charge in [-0.15, -0.1) is 0 Å². The maximum absolute atomic E-state index is 14.4. The van der Waals surface area contributed by atoms with Gasteiger partial charge in [0.05, 0.1) is 24.8 Å². The average molecular weight is 443 g/mol. The first-order valence-electron chi connectivity index (χ1n) is 9.84. The van der Waals surface area contributed by atoms with Crippen molar-refractivity contribution in [1.29, 1.82) is 0 Å². The van der Waals surface area contributed by atoms with E-state index in [0.717, 1.165) is 10.6 Å². The number of rotatable bonds is 5. The predicted molar refractivity (Wildman–Crippen MR) is 116 cm³/mol. The number of nitrogens with one attached hydrogen (secondary N) is 1. The average Bonchev–Trinajstić information content (AvgIpc) is 3.46. The van der Waals surface area contributed by atoms with Crippen LogP contribution in [0.3, 0.4) is 0 Å². The minimum Gasteiger partial charge on any atom is -0.495 e. The minimum atomic E-state index is -0.621. The summed E-state index contributed by atoms with van der Waals surface area (Å²) in [7, 11) is 1.52. The van der Waals surface area contributed by atoms with Crippen LogP contribution in [-0.4, -0.2) is 45.6 Å². The van der Waals surface area contributed by atoms with Crippen LogP contribution in [-0.2, 0) is 12.0 Å². The Balaban J connectivity index is 1.62. The van der Waals surface area contributed by atoms with Crippen LogP contribution in [0.25, 0.3) is 0 Å². The highest BCUT2D eigenvalue weighted by atomic mass is 32.1. The van der Waals surface area contributed by atoms with Gasteiger partial charge in [0.1, 0.15) is 22.9 Å². The van der Waals surface area contributed by atoms with E-state index < -0.39 is 5.41 Å². The molecule has 4 rings (SSSR count). The van der Waals surface area contributed by atoms with Crippen molar-refractivity contribution >= 4 is 23.3 Å². The first kappa shape index (κ1) is 21.2. The quantitative estimate of drug-likeness (QED) is 0.629. The molecule has 3 aromatic rings. The van der Waals surface area contributed by atoms with Gasteiger partial charge >= 0.3 is 6.03 Å². The third-order valence-corrected chi connectivity index (χ3v) is 6.61. The van der Waals surface area contributed by atoms with Gasteiger partial charge in [0.2, 0.25) is 0 Å². The van der Waals surface area contributed by atoms with Crippen molar-refractivity contribution in [3.05, 3.63) is 70.2 Å². The third kappa shape index (κ3) is 3.98. The van der Waals surface area contributed by atoms with Crippen molar-refractivity contribution in [2.24, 2.45) is 0 Å². The van der Waals surface area contributed by atoms with Gasteiger partial charge in [-0.3, -0.25) is 0 Å². The molecule has 1 aromatic heterocycles. The number of benzene rings is 2. The number of methoxy groups -OCH3 is 1. The van der Waals surface area contributed by atoms with Crippen LogP contribution in [0, 0.1) is 12.7 Å². The maximum atomic E-state index is 14.4. The molecule has 2 aromatic carbocycles. The number of aromatic nitrogens is 2. The summed E-state index contributed by atoms with van der Waals surface area (Å²) < 4.78 is 23.8. The Labute approximate surface area is 183 Å². The van der Waals surface area contributed by atoms with Gasteiger partial charge in [0, 0.05) is 13.1 Å². The standard InChI is InChI=1S/C22H23FN4O3S/c1-14-3-5-16(10-17(14)23)22(20-24-13-25-31-20)7-8-27(12-22)21(29)26-18-9-15(11-28)4-6-19(18)30-2/h3-6,9-10,13,28H,7-8,11-12H2,1-2H3,(H,26,29). The number of nitrogens with zero attached hydrogens (tertiary/aromatic N) is 3. The molecule has 2 N–H and O–H groups in total. The first-order chi connectivity index (χ1) is 15.0. The number of aliphatic hydroxyl groups excluding tert-OH is 1. The summed E-state index contributed by atoms with van der Waals surface area (Å²) in [4.78, 5) is 19.2. The molecule has 2 heterocycles. The predicted octanol–water partition coefficient (Wildman–Crippen LogP) is 3.71. The monoisotopic (exact) mass is 442 g/mol.